The predicted molar refractivity (Wildman–Crippen MR) is 99.3 cm³/mol. The summed E-state index contributed by atoms with van der Waals surface area (Å²) in [7, 11) is 1.95. The first kappa shape index (κ1) is 14.9. The molecule has 0 amide bonds. The van der Waals surface area contributed by atoms with E-state index in [9.17, 15) is 0 Å². The fourth-order valence-corrected chi connectivity index (χ4v) is 4.69. The topological polar surface area (TPSA) is 60.0 Å². The molecule has 1 fully saturated rings. The molecule has 0 N–H and O–H groups in total. The van der Waals surface area contributed by atoms with Crippen molar-refractivity contribution in [2.45, 2.75) is 25.7 Å². The van der Waals surface area contributed by atoms with Crippen LogP contribution in [0, 0.1) is 6.92 Å². The van der Waals surface area contributed by atoms with Gasteiger partial charge in [0, 0.05) is 20.1 Å². The lowest BCUT2D eigenvalue weighted by Gasteiger charge is -2.30. The van der Waals surface area contributed by atoms with Crippen LogP contribution in [0.25, 0.3) is 21.4 Å². The standard InChI is InChI=1S/C18H19N5OS/c1-11-15-16(22(2)21-11)20-18(25-15)23-9-5-6-12(10-23)17-19-13-7-3-4-8-14(13)24-17/h3-4,7-8,12H,5-6,9-10H2,1-2H3/t12-/m1/s1. The number of hydrogen-bond donors (Lipinski definition) is 0. The van der Waals surface area contributed by atoms with Crippen LogP contribution in [0.4, 0.5) is 5.13 Å². The second-order valence-electron chi connectivity index (χ2n) is 6.66. The maximum atomic E-state index is 6.00. The van der Waals surface area contributed by atoms with Gasteiger partial charge in [0.1, 0.15) is 5.52 Å². The number of benzene rings is 1. The molecule has 1 aliphatic heterocycles. The average molecular weight is 353 g/mol. The van der Waals surface area contributed by atoms with Crippen LogP contribution in [0.1, 0.15) is 30.3 Å². The molecule has 128 valence electrons. The molecule has 5 rings (SSSR count). The van der Waals surface area contributed by atoms with Crippen molar-refractivity contribution in [1.82, 2.24) is 19.7 Å². The van der Waals surface area contributed by atoms with Crippen LogP contribution < -0.4 is 4.90 Å². The van der Waals surface area contributed by atoms with Gasteiger partial charge < -0.3 is 9.32 Å². The zero-order valence-corrected chi connectivity index (χ0v) is 15.1. The summed E-state index contributed by atoms with van der Waals surface area (Å²) >= 11 is 1.73. The smallest absolute Gasteiger partial charge is 0.200 e. The van der Waals surface area contributed by atoms with Gasteiger partial charge >= 0.3 is 0 Å². The summed E-state index contributed by atoms with van der Waals surface area (Å²) in [6.45, 7) is 3.98. The van der Waals surface area contributed by atoms with E-state index < -0.39 is 0 Å². The van der Waals surface area contributed by atoms with Crippen LogP contribution in [0.5, 0.6) is 0 Å². The van der Waals surface area contributed by atoms with Gasteiger partial charge in [0.05, 0.1) is 16.3 Å². The number of nitrogens with zero attached hydrogens (tertiary/aromatic N) is 5. The van der Waals surface area contributed by atoms with Crippen LogP contribution in [-0.4, -0.2) is 32.8 Å². The summed E-state index contributed by atoms with van der Waals surface area (Å²) in [5, 5.41) is 5.52. The van der Waals surface area contributed by atoms with E-state index in [4.69, 9.17) is 14.4 Å². The van der Waals surface area contributed by atoms with Crippen molar-refractivity contribution in [3.05, 3.63) is 35.9 Å². The fourth-order valence-electron chi connectivity index (χ4n) is 3.63. The molecule has 0 unspecified atom stereocenters. The van der Waals surface area contributed by atoms with Crippen molar-refractivity contribution in [3.63, 3.8) is 0 Å². The van der Waals surface area contributed by atoms with E-state index in [0.29, 0.717) is 5.92 Å². The SMILES string of the molecule is Cc1nn(C)c2nc(N3CCC[C@@H](c4nc5ccccc5o4)C3)sc12. The van der Waals surface area contributed by atoms with Crippen LogP contribution in [0.3, 0.4) is 0 Å². The molecule has 1 aromatic carbocycles. The largest absolute Gasteiger partial charge is 0.440 e. The van der Waals surface area contributed by atoms with Crippen molar-refractivity contribution in [3.8, 4) is 0 Å². The molecule has 1 aliphatic rings. The fraction of sp³-hybridized carbons (Fsp3) is 0.389. The van der Waals surface area contributed by atoms with Gasteiger partial charge in [0.2, 0.25) is 0 Å². The Labute approximate surface area is 149 Å². The van der Waals surface area contributed by atoms with Crippen molar-refractivity contribution in [1.29, 1.82) is 0 Å². The summed E-state index contributed by atoms with van der Waals surface area (Å²) in [6.07, 6.45) is 2.23. The zero-order valence-electron chi connectivity index (χ0n) is 14.3. The summed E-state index contributed by atoms with van der Waals surface area (Å²) < 4.78 is 9.05. The number of fused-ring (bicyclic) bond motifs is 2. The van der Waals surface area contributed by atoms with E-state index in [0.717, 1.165) is 59.4 Å². The number of piperidine rings is 1. The molecule has 1 atom stereocenters. The highest BCUT2D eigenvalue weighted by atomic mass is 32.1. The molecule has 0 saturated carbocycles. The minimum absolute atomic E-state index is 0.312. The highest BCUT2D eigenvalue weighted by molar-refractivity contribution is 7.22. The third-order valence-corrected chi connectivity index (χ3v) is 6.10. The first-order valence-corrected chi connectivity index (χ1v) is 9.41. The second-order valence-corrected chi connectivity index (χ2v) is 7.64. The number of oxazole rings is 1. The number of para-hydroxylation sites is 2. The van der Waals surface area contributed by atoms with Gasteiger partial charge in [-0.3, -0.25) is 0 Å². The van der Waals surface area contributed by atoms with Gasteiger partial charge in [0.25, 0.3) is 0 Å². The Morgan fingerprint density at radius 2 is 2.12 bits per heavy atom. The predicted octanol–water partition coefficient (Wildman–Crippen LogP) is 3.86. The maximum absolute atomic E-state index is 6.00. The minimum Gasteiger partial charge on any atom is -0.440 e. The Morgan fingerprint density at radius 1 is 1.24 bits per heavy atom. The number of anilines is 1. The summed E-state index contributed by atoms with van der Waals surface area (Å²) in [5.41, 5.74) is 3.84. The Morgan fingerprint density at radius 3 is 2.96 bits per heavy atom. The molecule has 0 spiro atoms. The van der Waals surface area contributed by atoms with E-state index in [1.807, 2.05) is 42.9 Å². The highest BCUT2D eigenvalue weighted by Crippen LogP contribution is 2.35. The van der Waals surface area contributed by atoms with Gasteiger partial charge in [0.15, 0.2) is 22.3 Å². The summed E-state index contributed by atoms with van der Waals surface area (Å²) in [4.78, 5) is 11.9. The quantitative estimate of drug-likeness (QED) is 0.547. The van der Waals surface area contributed by atoms with Crippen LogP contribution in [0.2, 0.25) is 0 Å². The number of rotatable bonds is 2. The third kappa shape index (κ3) is 2.41. The zero-order chi connectivity index (χ0) is 17.0. The van der Waals surface area contributed by atoms with Gasteiger partial charge in [-0.1, -0.05) is 23.5 Å². The van der Waals surface area contributed by atoms with E-state index in [1.54, 1.807) is 11.3 Å². The Bertz CT molecular complexity index is 995. The number of hydrogen-bond acceptors (Lipinski definition) is 6. The minimum atomic E-state index is 0.312. The lowest BCUT2D eigenvalue weighted by molar-refractivity contribution is 0.413. The van der Waals surface area contributed by atoms with E-state index >= 15 is 0 Å². The van der Waals surface area contributed by atoms with Crippen molar-refractivity contribution in [2.24, 2.45) is 7.05 Å². The molecule has 7 heteroatoms. The van der Waals surface area contributed by atoms with Gasteiger partial charge in [-0.05, 0) is 31.9 Å². The van der Waals surface area contributed by atoms with Crippen molar-refractivity contribution >= 4 is 37.9 Å². The Kier molecular flexibility index (Phi) is 3.31. The van der Waals surface area contributed by atoms with Crippen LogP contribution in [-0.2, 0) is 7.05 Å². The number of aromatic nitrogens is 4. The molecule has 25 heavy (non-hydrogen) atoms. The van der Waals surface area contributed by atoms with Crippen molar-refractivity contribution < 1.29 is 4.42 Å². The third-order valence-electron chi connectivity index (χ3n) is 4.88. The molecule has 3 aromatic heterocycles. The lowest BCUT2D eigenvalue weighted by Crippen LogP contribution is -2.34. The van der Waals surface area contributed by atoms with Gasteiger partial charge in [-0.25, -0.2) is 14.6 Å². The molecule has 4 heterocycles. The van der Waals surface area contributed by atoms with Crippen LogP contribution >= 0.6 is 11.3 Å². The Balaban J connectivity index is 1.45. The highest BCUT2D eigenvalue weighted by Gasteiger charge is 2.27. The molecule has 6 nitrogen and oxygen atoms in total. The molecule has 4 aromatic rings. The van der Waals surface area contributed by atoms with E-state index in [-0.39, 0.29) is 0 Å². The monoisotopic (exact) mass is 353 g/mol. The summed E-state index contributed by atoms with van der Waals surface area (Å²) in [5.74, 6) is 1.16. The first-order valence-electron chi connectivity index (χ1n) is 8.59. The first-order chi connectivity index (χ1) is 12.2. The number of aryl methyl sites for hydroxylation is 2. The normalized spacial score (nSPS) is 18.5. The van der Waals surface area contributed by atoms with Crippen LogP contribution in [0.15, 0.2) is 28.7 Å². The van der Waals surface area contributed by atoms with Gasteiger partial charge in [-0.2, -0.15) is 5.10 Å². The van der Waals surface area contributed by atoms with E-state index in [1.165, 1.54) is 4.70 Å². The Hall–Kier alpha value is -2.41. The summed E-state index contributed by atoms with van der Waals surface area (Å²) in [6, 6.07) is 7.98. The number of thiazole rings is 1. The molecular formula is C18H19N5OS. The molecular weight excluding hydrogens is 334 g/mol. The van der Waals surface area contributed by atoms with Gasteiger partial charge in [-0.15, -0.1) is 0 Å². The maximum Gasteiger partial charge on any atom is 0.200 e. The molecule has 0 radical (unpaired) electrons. The lowest BCUT2D eigenvalue weighted by atomic mass is 9.98. The average Bonchev–Trinajstić information content (AvgIpc) is 3.31. The molecule has 1 saturated heterocycles. The molecule has 0 aliphatic carbocycles. The van der Waals surface area contributed by atoms with Crippen molar-refractivity contribution in [2.75, 3.05) is 18.0 Å². The van der Waals surface area contributed by atoms with E-state index in [2.05, 4.69) is 10.00 Å². The molecule has 0 bridgehead atoms. The second kappa shape index (κ2) is 5.56.